The monoisotopic (exact) mass is 367 g/mol. The molecule has 2 aromatic carbocycles. The van der Waals surface area contributed by atoms with Gasteiger partial charge in [0.1, 0.15) is 0 Å². The third-order valence-electron chi connectivity index (χ3n) is 4.20. The van der Waals surface area contributed by atoms with E-state index in [4.69, 9.17) is 0 Å². The number of nitrogens with zero attached hydrogens (tertiary/aromatic N) is 1. The zero-order valence-electron chi connectivity index (χ0n) is 16.2. The van der Waals surface area contributed by atoms with Gasteiger partial charge in [0.05, 0.1) is 6.54 Å². The molecule has 0 aliphatic carbocycles. The van der Waals surface area contributed by atoms with Gasteiger partial charge in [0.15, 0.2) is 0 Å². The normalized spacial score (nSPS) is 10.3. The largest absolute Gasteiger partial charge is 0.376 e. The van der Waals surface area contributed by atoms with Crippen LogP contribution >= 0.6 is 0 Å². The number of hydrogen-bond acceptors (Lipinski definition) is 3. The van der Waals surface area contributed by atoms with Crippen molar-refractivity contribution in [1.82, 2.24) is 10.2 Å². The number of benzene rings is 2. The van der Waals surface area contributed by atoms with Crippen molar-refractivity contribution in [2.75, 3.05) is 25.0 Å². The van der Waals surface area contributed by atoms with Gasteiger partial charge in [-0.05, 0) is 36.6 Å². The Hall–Kier alpha value is -2.82. The van der Waals surface area contributed by atoms with Crippen LogP contribution in [0.3, 0.4) is 0 Å². The van der Waals surface area contributed by atoms with Crippen molar-refractivity contribution in [2.24, 2.45) is 0 Å². The maximum atomic E-state index is 12.4. The molecule has 0 spiro atoms. The minimum Gasteiger partial charge on any atom is -0.376 e. The molecule has 2 N–H and O–H groups in total. The average Bonchev–Trinajstić information content (AvgIpc) is 2.71. The van der Waals surface area contributed by atoms with Crippen LogP contribution in [0.25, 0.3) is 0 Å². The summed E-state index contributed by atoms with van der Waals surface area (Å²) in [6.45, 7) is 6.41. The van der Waals surface area contributed by atoms with E-state index in [0.29, 0.717) is 12.1 Å². The fourth-order valence-corrected chi connectivity index (χ4v) is 2.84. The molecule has 0 saturated heterocycles. The minimum atomic E-state index is -0.132. The zero-order chi connectivity index (χ0) is 19.5. The summed E-state index contributed by atoms with van der Waals surface area (Å²) in [4.78, 5) is 26.6. The highest BCUT2D eigenvalue weighted by atomic mass is 16.2. The number of carbonyl (C=O) groups is 2. The lowest BCUT2D eigenvalue weighted by atomic mass is 10.1. The van der Waals surface area contributed by atoms with Crippen LogP contribution in [0.4, 0.5) is 5.69 Å². The molecule has 0 fully saturated rings. The molecular formula is C22H29N3O2. The summed E-state index contributed by atoms with van der Waals surface area (Å²) >= 11 is 0. The molecule has 0 bridgehead atoms. The summed E-state index contributed by atoms with van der Waals surface area (Å²) in [6, 6.07) is 17.0. The maximum absolute atomic E-state index is 12.4. The topological polar surface area (TPSA) is 61.4 Å². The molecule has 0 heterocycles. The first-order valence-electron chi connectivity index (χ1n) is 9.57. The van der Waals surface area contributed by atoms with Gasteiger partial charge >= 0.3 is 0 Å². The molecular weight excluding hydrogens is 338 g/mol. The first-order chi connectivity index (χ1) is 13.1. The summed E-state index contributed by atoms with van der Waals surface area (Å²) in [5.41, 5.74) is 2.39. The fourth-order valence-electron chi connectivity index (χ4n) is 2.84. The quantitative estimate of drug-likeness (QED) is 0.673. The predicted molar refractivity (Wildman–Crippen MR) is 110 cm³/mol. The second-order valence-corrected chi connectivity index (χ2v) is 6.48. The Kier molecular flexibility index (Phi) is 8.36. The SMILES string of the molecule is CCCN(CCC)C(=O)CNc1cccc(C(=O)NCc2ccccc2)c1. The van der Waals surface area contributed by atoms with Gasteiger partial charge < -0.3 is 15.5 Å². The highest BCUT2D eigenvalue weighted by molar-refractivity contribution is 5.95. The molecule has 5 heteroatoms. The molecule has 0 aliphatic heterocycles. The Bertz CT molecular complexity index is 725. The Labute approximate surface area is 161 Å². The van der Waals surface area contributed by atoms with Gasteiger partial charge in [0.2, 0.25) is 5.91 Å². The van der Waals surface area contributed by atoms with Crippen LogP contribution in [0, 0.1) is 0 Å². The van der Waals surface area contributed by atoms with Gasteiger partial charge in [0, 0.05) is 30.9 Å². The summed E-state index contributed by atoms with van der Waals surface area (Å²) < 4.78 is 0. The molecule has 0 aliphatic rings. The van der Waals surface area contributed by atoms with Crippen molar-refractivity contribution in [1.29, 1.82) is 0 Å². The highest BCUT2D eigenvalue weighted by Crippen LogP contribution is 2.11. The number of amides is 2. The first-order valence-corrected chi connectivity index (χ1v) is 9.57. The molecule has 0 atom stereocenters. The second kappa shape index (κ2) is 11.0. The van der Waals surface area contributed by atoms with Crippen LogP contribution < -0.4 is 10.6 Å². The van der Waals surface area contributed by atoms with Crippen molar-refractivity contribution in [3.05, 3.63) is 65.7 Å². The lowest BCUT2D eigenvalue weighted by molar-refractivity contribution is -0.129. The maximum Gasteiger partial charge on any atom is 0.251 e. The molecule has 2 rings (SSSR count). The van der Waals surface area contributed by atoms with E-state index in [0.717, 1.165) is 37.2 Å². The molecule has 0 radical (unpaired) electrons. The summed E-state index contributed by atoms with van der Waals surface area (Å²) in [6.07, 6.45) is 1.89. The van der Waals surface area contributed by atoms with Gasteiger partial charge in [-0.25, -0.2) is 0 Å². The number of hydrogen-bond donors (Lipinski definition) is 2. The summed E-state index contributed by atoms with van der Waals surface area (Å²) in [5, 5.41) is 6.06. The molecule has 2 amide bonds. The molecule has 2 aromatic rings. The lowest BCUT2D eigenvalue weighted by Gasteiger charge is -2.22. The van der Waals surface area contributed by atoms with Crippen LogP contribution in [0.1, 0.15) is 42.6 Å². The Morgan fingerprint density at radius 2 is 1.63 bits per heavy atom. The van der Waals surface area contributed by atoms with E-state index in [-0.39, 0.29) is 18.4 Å². The Morgan fingerprint density at radius 1 is 0.926 bits per heavy atom. The average molecular weight is 367 g/mol. The molecule has 0 saturated carbocycles. The lowest BCUT2D eigenvalue weighted by Crippen LogP contribution is -2.36. The second-order valence-electron chi connectivity index (χ2n) is 6.48. The van der Waals surface area contributed by atoms with Gasteiger partial charge in [-0.2, -0.15) is 0 Å². The van der Waals surface area contributed by atoms with Crippen molar-refractivity contribution in [2.45, 2.75) is 33.2 Å². The molecule has 0 aromatic heterocycles. The smallest absolute Gasteiger partial charge is 0.251 e. The fraction of sp³-hybridized carbons (Fsp3) is 0.364. The molecule has 144 valence electrons. The van der Waals surface area contributed by atoms with Gasteiger partial charge in [0.25, 0.3) is 5.91 Å². The number of nitrogens with one attached hydrogen (secondary N) is 2. The van der Waals surface area contributed by atoms with Crippen LogP contribution in [-0.2, 0) is 11.3 Å². The van der Waals surface area contributed by atoms with Gasteiger partial charge in [-0.15, -0.1) is 0 Å². The van der Waals surface area contributed by atoms with Crippen molar-refractivity contribution < 1.29 is 9.59 Å². The standard InChI is InChI=1S/C22H29N3O2/c1-3-13-25(14-4-2)21(26)17-23-20-12-8-11-19(15-20)22(27)24-16-18-9-6-5-7-10-18/h5-12,15,23H,3-4,13-14,16-17H2,1-2H3,(H,24,27). The Morgan fingerprint density at radius 3 is 2.30 bits per heavy atom. The third kappa shape index (κ3) is 6.77. The van der Waals surface area contributed by atoms with Gasteiger partial charge in [-0.1, -0.05) is 50.2 Å². The van der Waals surface area contributed by atoms with Crippen molar-refractivity contribution >= 4 is 17.5 Å². The van der Waals surface area contributed by atoms with Crippen LogP contribution in [0.5, 0.6) is 0 Å². The van der Waals surface area contributed by atoms with E-state index in [1.807, 2.05) is 47.4 Å². The van der Waals surface area contributed by atoms with E-state index < -0.39 is 0 Å². The first kappa shape index (κ1) is 20.5. The summed E-state index contributed by atoms with van der Waals surface area (Å²) in [5.74, 6) is -0.0509. The van der Waals surface area contributed by atoms with E-state index in [2.05, 4.69) is 24.5 Å². The Balaban J connectivity index is 1.90. The number of anilines is 1. The van der Waals surface area contributed by atoms with Crippen LogP contribution in [-0.4, -0.2) is 36.3 Å². The summed E-state index contributed by atoms with van der Waals surface area (Å²) in [7, 11) is 0. The third-order valence-corrected chi connectivity index (χ3v) is 4.20. The van der Waals surface area contributed by atoms with Crippen LogP contribution in [0.2, 0.25) is 0 Å². The van der Waals surface area contributed by atoms with Crippen molar-refractivity contribution in [3.8, 4) is 0 Å². The van der Waals surface area contributed by atoms with E-state index in [9.17, 15) is 9.59 Å². The van der Waals surface area contributed by atoms with Crippen molar-refractivity contribution in [3.63, 3.8) is 0 Å². The van der Waals surface area contributed by atoms with E-state index in [1.54, 1.807) is 12.1 Å². The number of rotatable bonds is 10. The predicted octanol–water partition coefficient (Wildman–Crippen LogP) is 3.68. The van der Waals surface area contributed by atoms with E-state index in [1.165, 1.54) is 0 Å². The minimum absolute atomic E-state index is 0.0811. The highest BCUT2D eigenvalue weighted by Gasteiger charge is 2.12. The number of carbonyl (C=O) groups excluding carboxylic acids is 2. The van der Waals surface area contributed by atoms with Crippen LogP contribution in [0.15, 0.2) is 54.6 Å². The molecule has 5 nitrogen and oxygen atoms in total. The zero-order valence-corrected chi connectivity index (χ0v) is 16.2. The molecule has 0 unspecified atom stereocenters. The van der Waals surface area contributed by atoms with Gasteiger partial charge in [-0.3, -0.25) is 9.59 Å². The molecule has 27 heavy (non-hydrogen) atoms. The van der Waals surface area contributed by atoms with E-state index >= 15 is 0 Å².